The molecule has 0 N–H and O–H groups in total. The van der Waals surface area contributed by atoms with E-state index in [0.717, 1.165) is 17.4 Å². The zero-order chi connectivity index (χ0) is 17.5. The zero-order valence-corrected chi connectivity index (χ0v) is 17.0. The summed E-state index contributed by atoms with van der Waals surface area (Å²) < 4.78 is 0. The van der Waals surface area contributed by atoms with Crippen molar-refractivity contribution in [2.24, 2.45) is 11.3 Å². The molecule has 1 spiro atoms. The quantitative estimate of drug-likeness (QED) is 0.564. The molecule has 0 nitrogen and oxygen atoms in total. The maximum Gasteiger partial charge on any atom is 0.0837 e. The van der Waals surface area contributed by atoms with Crippen LogP contribution in [0.4, 0.5) is 0 Å². The Morgan fingerprint density at radius 1 is 0.880 bits per heavy atom. The summed E-state index contributed by atoms with van der Waals surface area (Å²) >= 11 is 0. The maximum absolute atomic E-state index is 2.59. The van der Waals surface area contributed by atoms with Gasteiger partial charge in [-0.2, -0.15) is 0 Å². The van der Waals surface area contributed by atoms with Crippen LogP contribution in [0.15, 0.2) is 60.7 Å². The summed E-state index contributed by atoms with van der Waals surface area (Å²) in [5.41, 5.74) is 3.16. The van der Waals surface area contributed by atoms with Gasteiger partial charge in [0.2, 0.25) is 0 Å². The van der Waals surface area contributed by atoms with E-state index in [1.807, 2.05) is 0 Å². The van der Waals surface area contributed by atoms with Crippen LogP contribution in [0.1, 0.15) is 50.5 Å². The molecule has 2 aliphatic carbocycles. The SMILES string of the molecule is C[C@@H]([C@@H]1CC12CCC(c1ccccc1)CC2)[Si](C)(C)c1ccccc1. The molecule has 2 saturated carbocycles. The monoisotopic (exact) mass is 348 g/mol. The lowest BCUT2D eigenvalue weighted by Gasteiger charge is -2.35. The van der Waals surface area contributed by atoms with Gasteiger partial charge in [-0.25, -0.2) is 0 Å². The first-order valence-corrected chi connectivity index (χ1v) is 13.2. The van der Waals surface area contributed by atoms with E-state index in [1.54, 1.807) is 10.8 Å². The van der Waals surface area contributed by atoms with Crippen molar-refractivity contribution in [3.05, 3.63) is 66.2 Å². The lowest BCUT2D eigenvalue weighted by molar-refractivity contribution is 0.278. The Bertz CT molecular complexity index is 695. The second-order valence-electron chi connectivity index (χ2n) is 9.23. The summed E-state index contributed by atoms with van der Waals surface area (Å²) in [6, 6.07) is 22.6. The van der Waals surface area contributed by atoms with Crippen LogP contribution in [-0.4, -0.2) is 8.07 Å². The van der Waals surface area contributed by atoms with Crippen molar-refractivity contribution < 1.29 is 0 Å². The van der Waals surface area contributed by atoms with Gasteiger partial charge in [0.05, 0.1) is 8.07 Å². The molecule has 0 amide bonds. The Labute approximate surface area is 154 Å². The van der Waals surface area contributed by atoms with Crippen molar-refractivity contribution in [1.82, 2.24) is 0 Å². The minimum atomic E-state index is -1.37. The average molecular weight is 349 g/mol. The first kappa shape index (κ1) is 17.1. The first-order chi connectivity index (χ1) is 12.0. The Morgan fingerprint density at radius 3 is 2.04 bits per heavy atom. The molecule has 2 atom stereocenters. The number of benzene rings is 2. The molecule has 2 aliphatic rings. The van der Waals surface area contributed by atoms with Gasteiger partial charge in [0.15, 0.2) is 0 Å². The van der Waals surface area contributed by atoms with Crippen LogP contribution in [0.2, 0.25) is 18.6 Å². The summed E-state index contributed by atoms with van der Waals surface area (Å²) in [4.78, 5) is 0. The van der Waals surface area contributed by atoms with Crippen molar-refractivity contribution in [2.45, 2.75) is 63.6 Å². The van der Waals surface area contributed by atoms with Crippen LogP contribution in [-0.2, 0) is 0 Å². The van der Waals surface area contributed by atoms with Gasteiger partial charge in [-0.15, -0.1) is 0 Å². The maximum atomic E-state index is 2.59. The molecule has 0 bridgehead atoms. The fourth-order valence-electron chi connectivity index (χ4n) is 5.55. The predicted molar refractivity (Wildman–Crippen MR) is 111 cm³/mol. The molecule has 0 radical (unpaired) electrons. The Hall–Kier alpha value is -1.34. The van der Waals surface area contributed by atoms with E-state index in [9.17, 15) is 0 Å². The van der Waals surface area contributed by atoms with E-state index in [-0.39, 0.29) is 0 Å². The Morgan fingerprint density at radius 2 is 1.44 bits per heavy atom. The largest absolute Gasteiger partial charge is 0.0837 e. The van der Waals surface area contributed by atoms with Gasteiger partial charge in [-0.05, 0) is 60.5 Å². The van der Waals surface area contributed by atoms with Gasteiger partial charge in [0, 0.05) is 0 Å². The van der Waals surface area contributed by atoms with Crippen LogP contribution in [0, 0.1) is 11.3 Å². The molecule has 2 fully saturated rings. The molecule has 0 heterocycles. The first-order valence-electron chi connectivity index (χ1n) is 10.1. The van der Waals surface area contributed by atoms with Crippen molar-refractivity contribution in [2.75, 3.05) is 0 Å². The lowest BCUT2D eigenvalue weighted by Crippen LogP contribution is -2.46. The molecule has 25 heavy (non-hydrogen) atoms. The standard InChI is InChI=1S/C24H32Si/c1-19(25(2,3)22-12-8-5-9-13-22)23-18-24(23)16-14-21(15-17-24)20-10-6-4-7-11-20/h4-13,19,21,23H,14-18H2,1-3H3/t19-,21?,23-,24?/m0/s1. The normalized spacial score (nSPS) is 30.2. The topological polar surface area (TPSA) is 0 Å². The van der Waals surface area contributed by atoms with Crippen molar-refractivity contribution in [3.8, 4) is 0 Å². The minimum absolute atomic E-state index is 0.698. The second-order valence-corrected chi connectivity index (χ2v) is 14.2. The summed E-state index contributed by atoms with van der Waals surface area (Å²) in [7, 11) is -1.37. The van der Waals surface area contributed by atoms with E-state index in [0.29, 0.717) is 5.41 Å². The van der Waals surface area contributed by atoms with Crippen LogP contribution >= 0.6 is 0 Å². The molecule has 2 aromatic carbocycles. The van der Waals surface area contributed by atoms with Crippen molar-refractivity contribution >= 4 is 13.3 Å². The average Bonchev–Trinajstić information content (AvgIpc) is 3.36. The highest BCUT2D eigenvalue weighted by atomic mass is 28.3. The fourth-order valence-corrected chi connectivity index (χ4v) is 8.60. The van der Waals surface area contributed by atoms with Crippen LogP contribution in [0.25, 0.3) is 0 Å². The lowest BCUT2D eigenvalue weighted by atomic mass is 9.75. The second kappa shape index (κ2) is 6.43. The van der Waals surface area contributed by atoms with E-state index in [2.05, 4.69) is 80.7 Å². The van der Waals surface area contributed by atoms with Gasteiger partial charge in [0.25, 0.3) is 0 Å². The number of hydrogen-bond acceptors (Lipinski definition) is 0. The summed E-state index contributed by atoms with van der Waals surface area (Å²) in [6.45, 7) is 7.76. The molecule has 1 heteroatoms. The summed E-state index contributed by atoms with van der Waals surface area (Å²) in [5.74, 6) is 1.79. The highest BCUT2D eigenvalue weighted by molar-refractivity contribution is 6.91. The highest BCUT2D eigenvalue weighted by Crippen LogP contribution is 2.68. The van der Waals surface area contributed by atoms with Crippen LogP contribution < -0.4 is 5.19 Å². The molecule has 2 aromatic rings. The van der Waals surface area contributed by atoms with E-state index in [1.165, 1.54) is 32.1 Å². The molecular weight excluding hydrogens is 316 g/mol. The molecule has 0 unspecified atom stereocenters. The van der Waals surface area contributed by atoms with Crippen LogP contribution in [0.3, 0.4) is 0 Å². The molecule has 0 aromatic heterocycles. The van der Waals surface area contributed by atoms with Crippen molar-refractivity contribution in [3.63, 3.8) is 0 Å². The third kappa shape index (κ3) is 3.12. The molecule has 4 rings (SSSR count). The van der Waals surface area contributed by atoms with Gasteiger partial charge in [0.1, 0.15) is 0 Å². The highest BCUT2D eigenvalue weighted by Gasteiger charge is 2.59. The zero-order valence-electron chi connectivity index (χ0n) is 16.0. The fraction of sp³-hybridized carbons (Fsp3) is 0.500. The van der Waals surface area contributed by atoms with Crippen molar-refractivity contribution in [1.29, 1.82) is 0 Å². The smallest absolute Gasteiger partial charge is 0.0652 e. The molecule has 0 aliphatic heterocycles. The van der Waals surface area contributed by atoms with Crippen LogP contribution in [0.5, 0.6) is 0 Å². The molecule has 132 valence electrons. The number of hydrogen-bond donors (Lipinski definition) is 0. The predicted octanol–water partition coefficient (Wildman–Crippen LogP) is 6.36. The van der Waals surface area contributed by atoms with Gasteiger partial charge in [-0.3, -0.25) is 0 Å². The van der Waals surface area contributed by atoms with Gasteiger partial charge < -0.3 is 0 Å². The van der Waals surface area contributed by atoms with E-state index < -0.39 is 8.07 Å². The third-order valence-electron chi connectivity index (χ3n) is 7.76. The number of rotatable bonds is 4. The minimum Gasteiger partial charge on any atom is -0.0652 e. The van der Waals surface area contributed by atoms with E-state index >= 15 is 0 Å². The van der Waals surface area contributed by atoms with Gasteiger partial charge in [-0.1, -0.05) is 85.9 Å². The molecular formula is C24H32Si. The van der Waals surface area contributed by atoms with Gasteiger partial charge >= 0.3 is 0 Å². The summed E-state index contributed by atoms with van der Waals surface area (Å²) in [6.07, 6.45) is 7.22. The Kier molecular flexibility index (Phi) is 4.39. The Balaban J connectivity index is 1.42. The molecule has 0 saturated heterocycles. The summed E-state index contributed by atoms with van der Waals surface area (Å²) in [5, 5.41) is 1.64. The van der Waals surface area contributed by atoms with E-state index in [4.69, 9.17) is 0 Å². The third-order valence-corrected chi connectivity index (χ3v) is 12.3.